The SMILES string of the molecule is COC(=O)CC[C@H](C)[C@@H]1CC[C@@H]2[C@H]3[C@@H](CC[C@@]21C)[C@@]1(C)CC[C@H](O)C[C@H]1C[C@@H]3O. The third kappa shape index (κ3) is 3.46. The maximum atomic E-state index is 11.6. The minimum atomic E-state index is -0.211. The fourth-order valence-electron chi connectivity index (χ4n) is 8.82. The van der Waals surface area contributed by atoms with Gasteiger partial charge in [0.15, 0.2) is 0 Å². The molecule has 4 heteroatoms. The highest BCUT2D eigenvalue weighted by molar-refractivity contribution is 5.69. The van der Waals surface area contributed by atoms with Gasteiger partial charge in [-0.25, -0.2) is 0 Å². The van der Waals surface area contributed by atoms with Crippen molar-refractivity contribution in [3.8, 4) is 0 Å². The van der Waals surface area contributed by atoms with Crippen molar-refractivity contribution in [2.24, 2.45) is 46.3 Å². The van der Waals surface area contributed by atoms with Crippen LogP contribution in [0.1, 0.15) is 85.0 Å². The van der Waals surface area contributed by atoms with Crippen molar-refractivity contribution in [3.63, 3.8) is 0 Å². The van der Waals surface area contributed by atoms with Crippen LogP contribution in [0.25, 0.3) is 0 Å². The summed E-state index contributed by atoms with van der Waals surface area (Å²) in [6.07, 6.45) is 9.80. The van der Waals surface area contributed by atoms with E-state index in [1.165, 1.54) is 32.8 Å². The Balaban J connectivity index is 1.53. The molecular weight excluding hydrogens is 364 g/mol. The van der Waals surface area contributed by atoms with E-state index in [9.17, 15) is 15.0 Å². The first kappa shape index (κ1) is 21.6. The van der Waals surface area contributed by atoms with Crippen molar-refractivity contribution in [1.82, 2.24) is 0 Å². The molecule has 0 aromatic carbocycles. The number of esters is 1. The molecule has 4 nitrogen and oxygen atoms in total. The van der Waals surface area contributed by atoms with Gasteiger partial charge in [-0.1, -0.05) is 20.8 Å². The highest BCUT2D eigenvalue weighted by Crippen LogP contribution is 2.68. The van der Waals surface area contributed by atoms with Crippen LogP contribution in [0.2, 0.25) is 0 Å². The van der Waals surface area contributed by atoms with E-state index in [-0.39, 0.29) is 23.6 Å². The molecule has 166 valence electrons. The molecule has 0 bridgehead atoms. The summed E-state index contributed by atoms with van der Waals surface area (Å²) >= 11 is 0. The molecule has 0 heterocycles. The Kier molecular flexibility index (Phi) is 5.83. The highest BCUT2D eigenvalue weighted by atomic mass is 16.5. The number of carbonyl (C=O) groups excluding carboxylic acids is 1. The lowest BCUT2D eigenvalue weighted by atomic mass is 9.43. The molecule has 2 N–H and O–H groups in total. The number of aliphatic hydroxyl groups excluding tert-OH is 2. The first-order chi connectivity index (χ1) is 13.7. The summed E-state index contributed by atoms with van der Waals surface area (Å²) in [4.78, 5) is 11.6. The van der Waals surface area contributed by atoms with E-state index in [1.807, 2.05) is 0 Å². The van der Waals surface area contributed by atoms with Crippen LogP contribution in [-0.2, 0) is 9.53 Å². The van der Waals surface area contributed by atoms with Crippen LogP contribution in [0.15, 0.2) is 0 Å². The molecule has 0 aromatic heterocycles. The van der Waals surface area contributed by atoms with Gasteiger partial charge in [-0.2, -0.15) is 0 Å². The summed E-state index contributed by atoms with van der Waals surface area (Å²) in [6, 6.07) is 0. The first-order valence-electron chi connectivity index (χ1n) is 12.1. The topological polar surface area (TPSA) is 66.8 Å². The Labute approximate surface area is 176 Å². The van der Waals surface area contributed by atoms with Gasteiger partial charge in [0, 0.05) is 6.42 Å². The molecule has 29 heavy (non-hydrogen) atoms. The number of rotatable bonds is 4. The van der Waals surface area contributed by atoms with Gasteiger partial charge in [0.2, 0.25) is 0 Å². The lowest BCUT2D eigenvalue weighted by Crippen LogP contribution is -2.58. The summed E-state index contributed by atoms with van der Waals surface area (Å²) in [6.45, 7) is 7.29. The first-order valence-corrected chi connectivity index (χ1v) is 12.1. The predicted octanol–water partition coefficient (Wildman–Crippen LogP) is 4.57. The zero-order valence-corrected chi connectivity index (χ0v) is 18.9. The van der Waals surface area contributed by atoms with Crippen LogP contribution >= 0.6 is 0 Å². The average molecular weight is 407 g/mol. The summed E-state index contributed by atoms with van der Waals surface area (Å²) in [7, 11) is 1.48. The summed E-state index contributed by atoms with van der Waals surface area (Å²) < 4.78 is 4.86. The molecule has 4 aliphatic rings. The van der Waals surface area contributed by atoms with Gasteiger partial charge in [0.1, 0.15) is 0 Å². The molecule has 0 aromatic rings. The van der Waals surface area contributed by atoms with Crippen LogP contribution in [0.3, 0.4) is 0 Å². The van der Waals surface area contributed by atoms with Crippen LogP contribution in [-0.4, -0.2) is 35.5 Å². The maximum absolute atomic E-state index is 11.6. The monoisotopic (exact) mass is 406 g/mol. The van der Waals surface area contributed by atoms with Gasteiger partial charge >= 0.3 is 5.97 Å². The molecule has 0 aliphatic heterocycles. The summed E-state index contributed by atoms with van der Waals surface area (Å²) in [5.74, 6) is 3.17. The lowest BCUT2D eigenvalue weighted by Gasteiger charge is -2.62. The number of methoxy groups -OCH3 is 1. The quantitative estimate of drug-likeness (QED) is 0.671. The van der Waals surface area contributed by atoms with E-state index in [0.717, 1.165) is 32.1 Å². The number of fused-ring (bicyclic) bond motifs is 5. The fourth-order valence-corrected chi connectivity index (χ4v) is 8.82. The second-order valence-corrected chi connectivity index (χ2v) is 11.5. The zero-order valence-electron chi connectivity index (χ0n) is 18.9. The molecular formula is C25H42O4. The molecule has 4 fully saturated rings. The largest absolute Gasteiger partial charge is 0.469 e. The normalized spacial score (nSPS) is 50.2. The Morgan fingerprint density at radius 1 is 1.03 bits per heavy atom. The number of hydrogen-bond acceptors (Lipinski definition) is 4. The second kappa shape index (κ2) is 7.82. The highest BCUT2D eigenvalue weighted by Gasteiger charge is 2.62. The van der Waals surface area contributed by atoms with Gasteiger partial charge in [0.25, 0.3) is 0 Å². The van der Waals surface area contributed by atoms with E-state index >= 15 is 0 Å². The fraction of sp³-hybridized carbons (Fsp3) is 0.960. The van der Waals surface area contributed by atoms with E-state index in [4.69, 9.17) is 4.74 Å². The zero-order chi connectivity index (χ0) is 21.0. The standard InChI is InChI=1S/C25H42O4/c1-15(5-8-22(28)29-4)18-6-7-19-23-20(10-12-25(18,19)3)24(2)11-9-17(26)13-16(24)14-21(23)27/h15-21,23,26-27H,5-14H2,1-4H3/t15-,16-,17-,18-,19+,20+,21-,23-,24-,25+/m0/s1. The van der Waals surface area contributed by atoms with Crippen molar-refractivity contribution < 1.29 is 19.7 Å². The van der Waals surface area contributed by atoms with E-state index in [1.54, 1.807) is 0 Å². The Morgan fingerprint density at radius 2 is 1.72 bits per heavy atom. The molecule has 4 rings (SSSR count). The van der Waals surface area contributed by atoms with Crippen molar-refractivity contribution in [2.45, 2.75) is 97.2 Å². The van der Waals surface area contributed by atoms with Crippen molar-refractivity contribution in [1.29, 1.82) is 0 Å². The van der Waals surface area contributed by atoms with Gasteiger partial charge in [-0.05, 0) is 104 Å². The molecule has 0 unspecified atom stereocenters. The minimum absolute atomic E-state index is 0.0959. The summed E-state index contributed by atoms with van der Waals surface area (Å²) in [5, 5.41) is 21.5. The van der Waals surface area contributed by atoms with E-state index < -0.39 is 0 Å². The number of ether oxygens (including phenoxy) is 1. The Morgan fingerprint density at radius 3 is 2.45 bits per heavy atom. The van der Waals surface area contributed by atoms with Gasteiger partial charge < -0.3 is 14.9 Å². The molecule has 0 amide bonds. The number of hydrogen-bond donors (Lipinski definition) is 2. The van der Waals surface area contributed by atoms with Crippen LogP contribution in [0.4, 0.5) is 0 Å². The number of aliphatic hydroxyl groups is 2. The number of carbonyl (C=O) groups is 1. The van der Waals surface area contributed by atoms with Gasteiger partial charge in [0.05, 0.1) is 19.3 Å². The minimum Gasteiger partial charge on any atom is -0.469 e. The molecule has 0 radical (unpaired) electrons. The van der Waals surface area contributed by atoms with Gasteiger partial charge in [-0.15, -0.1) is 0 Å². The van der Waals surface area contributed by atoms with Crippen molar-refractivity contribution in [3.05, 3.63) is 0 Å². The van der Waals surface area contributed by atoms with Gasteiger partial charge in [-0.3, -0.25) is 4.79 Å². The van der Waals surface area contributed by atoms with Crippen molar-refractivity contribution in [2.75, 3.05) is 7.11 Å². The van der Waals surface area contributed by atoms with E-state index in [0.29, 0.717) is 47.3 Å². The summed E-state index contributed by atoms with van der Waals surface area (Å²) in [5.41, 5.74) is 0.577. The lowest BCUT2D eigenvalue weighted by molar-refractivity contribution is -0.174. The Bertz CT molecular complexity index is 620. The van der Waals surface area contributed by atoms with Crippen LogP contribution in [0.5, 0.6) is 0 Å². The second-order valence-electron chi connectivity index (χ2n) is 11.5. The van der Waals surface area contributed by atoms with Crippen molar-refractivity contribution >= 4 is 5.97 Å². The third-order valence-electron chi connectivity index (χ3n) is 10.4. The molecule has 0 spiro atoms. The molecule has 10 atom stereocenters. The molecule has 0 saturated heterocycles. The Hall–Kier alpha value is -0.610. The van der Waals surface area contributed by atoms with Crippen LogP contribution in [0, 0.1) is 46.3 Å². The van der Waals surface area contributed by atoms with Crippen LogP contribution < -0.4 is 0 Å². The maximum Gasteiger partial charge on any atom is 0.305 e. The predicted molar refractivity (Wildman–Crippen MR) is 113 cm³/mol. The smallest absolute Gasteiger partial charge is 0.305 e. The average Bonchev–Trinajstić information content (AvgIpc) is 3.04. The molecule has 4 aliphatic carbocycles. The molecule has 4 saturated carbocycles. The third-order valence-corrected chi connectivity index (χ3v) is 10.4. The van der Waals surface area contributed by atoms with E-state index in [2.05, 4.69) is 20.8 Å².